The molecule has 4 rings (SSSR count). The molecule has 2 aromatic rings. The van der Waals surface area contributed by atoms with Gasteiger partial charge in [0.25, 0.3) is 0 Å². The van der Waals surface area contributed by atoms with Crippen LogP contribution >= 0.6 is 0 Å². The minimum Gasteiger partial charge on any atom is -0.489 e. The van der Waals surface area contributed by atoms with E-state index in [0.717, 1.165) is 29.7 Å². The molecule has 5 heteroatoms. The van der Waals surface area contributed by atoms with Gasteiger partial charge in [0.15, 0.2) is 0 Å². The predicted octanol–water partition coefficient (Wildman–Crippen LogP) is 3.36. The molecule has 29 heavy (non-hydrogen) atoms. The lowest BCUT2D eigenvalue weighted by Crippen LogP contribution is -2.50. The lowest BCUT2D eigenvalue weighted by Gasteiger charge is -2.34. The first-order chi connectivity index (χ1) is 14.2. The topological polar surface area (TPSA) is 49.9 Å². The Kier molecular flexibility index (Phi) is 5.94. The van der Waals surface area contributed by atoms with Crippen LogP contribution in [0.1, 0.15) is 24.0 Å². The van der Waals surface area contributed by atoms with E-state index in [4.69, 9.17) is 4.74 Å². The Hall–Kier alpha value is -3.08. The third-order valence-electron chi connectivity index (χ3n) is 5.35. The summed E-state index contributed by atoms with van der Waals surface area (Å²) in [6.07, 6.45) is 5.47. The first-order valence-electron chi connectivity index (χ1n) is 10.2. The highest BCUT2D eigenvalue weighted by atomic mass is 16.5. The second-order valence-electron chi connectivity index (χ2n) is 7.60. The number of carbonyl (C=O) groups is 2. The van der Waals surface area contributed by atoms with Gasteiger partial charge in [-0.25, -0.2) is 0 Å². The van der Waals surface area contributed by atoms with Crippen LogP contribution in [0.25, 0.3) is 6.08 Å². The molecule has 150 valence electrons. The van der Waals surface area contributed by atoms with Gasteiger partial charge in [-0.3, -0.25) is 9.59 Å². The van der Waals surface area contributed by atoms with Crippen LogP contribution in [-0.4, -0.2) is 47.8 Å². The number of amides is 2. The van der Waals surface area contributed by atoms with Crippen molar-refractivity contribution in [1.29, 1.82) is 0 Å². The molecule has 2 fully saturated rings. The molecule has 0 spiro atoms. The van der Waals surface area contributed by atoms with E-state index in [1.165, 1.54) is 0 Å². The first-order valence-corrected chi connectivity index (χ1v) is 10.2. The monoisotopic (exact) mass is 390 g/mol. The SMILES string of the molecule is O=C(C=Cc1cccc(OCc2ccccc2)c1)N1CCN(C(=O)C2CC2)CC1. The number of nitrogens with zero attached hydrogens (tertiary/aromatic N) is 2. The fourth-order valence-electron chi connectivity index (χ4n) is 3.46. The molecule has 1 saturated heterocycles. The molecule has 0 bridgehead atoms. The maximum Gasteiger partial charge on any atom is 0.246 e. The van der Waals surface area contributed by atoms with Crippen LogP contribution in [0.4, 0.5) is 0 Å². The molecule has 0 N–H and O–H groups in total. The summed E-state index contributed by atoms with van der Waals surface area (Å²) >= 11 is 0. The molecule has 0 aromatic heterocycles. The van der Waals surface area contributed by atoms with E-state index in [2.05, 4.69) is 0 Å². The van der Waals surface area contributed by atoms with Crippen LogP contribution in [0.5, 0.6) is 5.75 Å². The Morgan fingerprint density at radius 2 is 1.66 bits per heavy atom. The maximum absolute atomic E-state index is 12.5. The molecule has 1 aliphatic carbocycles. The molecule has 0 atom stereocenters. The zero-order valence-electron chi connectivity index (χ0n) is 16.5. The number of piperazine rings is 1. The van der Waals surface area contributed by atoms with Crippen LogP contribution in [0.3, 0.4) is 0 Å². The highest BCUT2D eigenvalue weighted by Gasteiger charge is 2.34. The summed E-state index contributed by atoms with van der Waals surface area (Å²) in [6, 6.07) is 17.7. The largest absolute Gasteiger partial charge is 0.489 e. The van der Waals surface area contributed by atoms with Gasteiger partial charge in [0.05, 0.1) is 0 Å². The third-order valence-corrected chi connectivity index (χ3v) is 5.35. The molecule has 2 amide bonds. The van der Waals surface area contributed by atoms with E-state index in [9.17, 15) is 9.59 Å². The normalized spacial score (nSPS) is 16.8. The summed E-state index contributed by atoms with van der Waals surface area (Å²) in [7, 11) is 0. The van der Waals surface area contributed by atoms with Crippen LogP contribution < -0.4 is 4.74 Å². The zero-order valence-corrected chi connectivity index (χ0v) is 16.5. The summed E-state index contributed by atoms with van der Waals surface area (Å²) in [5.41, 5.74) is 2.04. The lowest BCUT2D eigenvalue weighted by molar-refractivity contribution is -0.138. The van der Waals surface area contributed by atoms with Gasteiger partial charge in [0, 0.05) is 38.2 Å². The van der Waals surface area contributed by atoms with E-state index >= 15 is 0 Å². The second kappa shape index (κ2) is 8.95. The summed E-state index contributed by atoms with van der Waals surface area (Å²) in [5.74, 6) is 1.27. The highest BCUT2D eigenvalue weighted by Crippen LogP contribution is 2.31. The Morgan fingerprint density at radius 3 is 2.38 bits per heavy atom. The Bertz CT molecular complexity index is 882. The van der Waals surface area contributed by atoms with E-state index in [0.29, 0.717) is 32.8 Å². The van der Waals surface area contributed by atoms with Gasteiger partial charge in [-0.05, 0) is 42.2 Å². The Labute approximate surface area is 171 Å². The summed E-state index contributed by atoms with van der Waals surface area (Å²) in [6.45, 7) is 2.98. The number of benzene rings is 2. The fourth-order valence-corrected chi connectivity index (χ4v) is 3.46. The third kappa shape index (κ3) is 5.25. The number of rotatable bonds is 6. The molecular weight excluding hydrogens is 364 g/mol. The van der Waals surface area contributed by atoms with Crippen molar-refractivity contribution in [3.8, 4) is 5.75 Å². The van der Waals surface area contributed by atoms with Gasteiger partial charge >= 0.3 is 0 Å². The molecule has 1 saturated carbocycles. The van der Waals surface area contributed by atoms with Crippen molar-refractivity contribution >= 4 is 17.9 Å². The smallest absolute Gasteiger partial charge is 0.246 e. The van der Waals surface area contributed by atoms with Crippen molar-refractivity contribution in [2.75, 3.05) is 26.2 Å². The van der Waals surface area contributed by atoms with Crippen molar-refractivity contribution in [2.24, 2.45) is 5.92 Å². The summed E-state index contributed by atoms with van der Waals surface area (Å²) < 4.78 is 5.85. The Balaban J connectivity index is 1.28. The number of hydrogen-bond acceptors (Lipinski definition) is 3. The van der Waals surface area contributed by atoms with Crippen molar-refractivity contribution < 1.29 is 14.3 Å². The standard InChI is InChI=1S/C24H26N2O3/c27-23(25-13-15-26(16-14-25)24(28)21-10-11-21)12-9-19-7-4-8-22(17-19)29-18-20-5-2-1-3-6-20/h1-9,12,17,21H,10-11,13-16,18H2. The molecule has 1 heterocycles. The van der Waals surface area contributed by atoms with Gasteiger partial charge in [0.2, 0.25) is 11.8 Å². The molecule has 2 aromatic carbocycles. The summed E-state index contributed by atoms with van der Waals surface area (Å²) in [5, 5.41) is 0. The van der Waals surface area contributed by atoms with Crippen LogP contribution in [0, 0.1) is 5.92 Å². The molecule has 0 unspecified atom stereocenters. The minimum absolute atomic E-state index is 0.0147. The quantitative estimate of drug-likeness (QED) is 0.711. The predicted molar refractivity (Wildman–Crippen MR) is 112 cm³/mol. The fraction of sp³-hybridized carbons (Fsp3) is 0.333. The highest BCUT2D eigenvalue weighted by molar-refractivity contribution is 5.92. The Morgan fingerprint density at radius 1 is 0.931 bits per heavy atom. The van der Waals surface area contributed by atoms with Gasteiger partial charge in [-0.15, -0.1) is 0 Å². The molecule has 2 aliphatic rings. The zero-order chi connectivity index (χ0) is 20.1. The van der Waals surface area contributed by atoms with Crippen molar-refractivity contribution in [3.05, 3.63) is 71.8 Å². The maximum atomic E-state index is 12.5. The van der Waals surface area contributed by atoms with Gasteiger partial charge in [-0.1, -0.05) is 42.5 Å². The van der Waals surface area contributed by atoms with Gasteiger partial charge in [-0.2, -0.15) is 0 Å². The van der Waals surface area contributed by atoms with E-state index in [1.807, 2.05) is 70.5 Å². The lowest BCUT2D eigenvalue weighted by atomic mass is 10.2. The van der Waals surface area contributed by atoms with Crippen molar-refractivity contribution in [2.45, 2.75) is 19.4 Å². The van der Waals surface area contributed by atoms with Crippen molar-refractivity contribution in [3.63, 3.8) is 0 Å². The molecular formula is C24H26N2O3. The van der Waals surface area contributed by atoms with E-state index in [1.54, 1.807) is 6.08 Å². The average Bonchev–Trinajstić information content (AvgIpc) is 3.62. The minimum atomic E-state index is -0.0147. The average molecular weight is 390 g/mol. The molecule has 1 aliphatic heterocycles. The number of carbonyl (C=O) groups excluding carboxylic acids is 2. The van der Waals surface area contributed by atoms with Gasteiger partial charge < -0.3 is 14.5 Å². The number of hydrogen-bond donors (Lipinski definition) is 0. The van der Waals surface area contributed by atoms with Crippen LogP contribution in [0.2, 0.25) is 0 Å². The molecule has 0 radical (unpaired) electrons. The van der Waals surface area contributed by atoms with Crippen molar-refractivity contribution in [1.82, 2.24) is 9.80 Å². The van der Waals surface area contributed by atoms with E-state index < -0.39 is 0 Å². The van der Waals surface area contributed by atoms with E-state index in [-0.39, 0.29) is 17.7 Å². The van der Waals surface area contributed by atoms with Crippen LogP contribution in [0.15, 0.2) is 60.7 Å². The van der Waals surface area contributed by atoms with Crippen LogP contribution in [-0.2, 0) is 16.2 Å². The number of ether oxygens (including phenoxy) is 1. The summed E-state index contributed by atoms with van der Waals surface area (Å²) in [4.78, 5) is 28.3. The van der Waals surface area contributed by atoms with Gasteiger partial charge in [0.1, 0.15) is 12.4 Å². The first kappa shape index (κ1) is 19.2. The second-order valence-corrected chi connectivity index (χ2v) is 7.60. The molecule has 5 nitrogen and oxygen atoms in total.